The van der Waals surface area contributed by atoms with Gasteiger partial charge in [0.05, 0.1) is 6.04 Å². The van der Waals surface area contributed by atoms with Crippen molar-refractivity contribution in [1.29, 1.82) is 0 Å². The Bertz CT molecular complexity index is 557. The molecule has 1 aromatic carbocycles. The largest absolute Gasteiger partial charge is 0.363 e. The number of anilines is 2. The first-order chi connectivity index (χ1) is 9.08. The molecule has 0 aliphatic carbocycles. The Balaban J connectivity index is 2.17. The van der Waals surface area contributed by atoms with E-state index in [1.807, 2.05) is 49.3 Å². The topological polar surface area (TPSA) is 41.1 Å². The van der Waals surface area contributed by atoms with Crippen molar-refractivity contribution >= 4 is 23.4 Å². The second-order valence-electron chi connectivity index (χ2n) is 4.52. The normalized spacial score (nSPS) is 12.0. The second kappa shape index (κ2) is 5.89. The number of halogens is 1. The molecule has 1 unspecified atom stereocenters. The van der Waals surface area contributed by atoms with E-state index in [-0.39, 0.29) is 6.04 Å². The lowest BCUT2D eigenvalue weighted by molar-refractivity contribution is 0.868. The zero-order valence-corrected chi connectivity index (χ0v) is 12.0. The summed E-state index contributed by atoms with van der Waals surface area (Å²) in [4.78, 5) is 10.5. The maximum absolute atomic E-state index is 6.19. The Kier molecular flexibility index (Phi) is 4.22. The molecule has 0 spiro atoms. The Morgan fingerprint density at radius 3 is 2.63 bits per heavy atom. The number of benzene rings is 1. The van der Waals surface area contributed by atoms with Gasteiger partial charge in [0.15, 0.2) is 0 Å². The van der Waals surface area contributed by atoms with Crippen molar-refractivity contribution < 1.29 is 0 Å². The van der Waals surface area contributed by atoms with Gasteiger partial charge in [0.2, 0.25) is 5.95 Å². The quantitative estimate of drug-likeness (QED) is 0.930. The Morgan fingerprint density at radius 1 is 1.21 bits per heavy atom. The number of aromatic nitrogens is 2. The summed E-state index contributed by atoms with van der Waals surface area (Å²) in [5.41, 5.74) is 1.05. The molecule has 0 aliphatic rings. The molecule has 2 rings (SSSR count). The summed E-state index contributed by atoms with van der Waals surface area (Å²) in [6.45, 7) is 2.05. The van der Waals surface area contributed by atoms with E-state index in [2.05, 4.69) is 22.2 Å². The van der Waals surface area contributed by atoms with Crippen LogP contribution in [-0.4, -0.2) is 24.1 Å². The maximum atomic E-state index is 6.19. The second-order valence-corrected chi connectivity index (χ2v) is 4.93. The van der Waals surface area contributed by atoms with Gasteiger partial charge >= 0.3 is 0 Å². The van der Waals surface area contributed by atoms with E-state index < -0.39 is 0 Å². The molecule has 0 aliphatic heterocycles. The highest BCUT2D eigenvalue weighted by Gasteiger charge is 2.10. The summed E-state index contributed by atoms with van der Waals surface area (Å²) >= 11 is 6.19. The van der Waals surface area contributed by atoms with Gasteiger partial charge in [0.25, 0.3) is 0 Å². The van der Waals surface area contributed by atoms with Crippen molar-refractivity contribution in [3.63, 3.8) is 0 Å². The Morgan fingerprint density at radius 2 is 1.95 bits per heavy atom. The first kappa shape index (κ1) is 13.6. The van der Waals surface area contributed by atoms with Gasteiger partial charge in [0, 0.05) is 25.3 Å². The molecule has 1 heterocycles. The monoisotopic (exact) mass is 276 g/mol. The summed E-state index contributed by atoms with van der Waals surface area (Å²) in [5.74, 6) is 1.46. The van der Waals surface area contributed by atoms with Crippen LogP contribution in [0.5, 0.6) is 0 Å². The van der Waals surface area contributed by atoms with E-state index in [1.54, 1.807) is 6.20 Å². The van der Waals surface area contributed by atoms with Crippen LogP contribution in [0.1, 0.15) is 18.5 Å². The van der Waals surface area contributed by atoms with Crippen LogP contribution in [0, 0.1) is 0 Å². The van der Waals surface area contributed by atoms with Gasteiger partial charge in [-0.1, -0.05) is 29.8 Å². The summed E-state index contributed by atoms with van der Waals surface area (Å²) in [6, 6.07) is 9.73. The van der Waals surface area contributed by atoms with Crippen molar-refractivity contribution in [1.82, 2.24) is 9.97 Å². The third-order valence-corrected chi connectivity index (χ3v) is 3.12. The van der Waals surface area contributed by atoms with Crippen molar-refractivity contribution in [2.75, 3.05) is 24.3 Å². The first-order valence-electron chi connectivity index (χ1n) is 6.09. The van der Waals surface area contributed by atoms with E-state index in [4.69, 9.17) is 11.6 Å². The summed E-state index contributed by atoms with van der Waals surface area (Å²) in [5, 5.41) is 4.09. The standard InChI is InChI=1S/C14H17ClN4/c1-10(11-6-4-5-7-12(11)15)17-13-8-9-16-14(18-13)19(2)3/h4-10H,1-3H3,(H,16,17,18). The van der Waals surface area contributed by atoms with Gasteiger partial charge in [-0.05, 0) is 24.6 Å². The minimum absolute atomic E-state index is 0.0820. The fourth-order valence-electron chi connectivity index (χ4n) is 1.77. The molecule has 1 aromatic heterocycles. The molecule has 0 bridgehead atoms. The number of hydrogen-bond donors (Lipinski definition) is 1. The van der Waals surface area contributed by atoms with Crippen LogP contribution in [0.2, 0.25) is 5.02 Å². The molecule has 0 radical (unpaired) electrons. The van der Waals surface area contributed by atoms with Gasteiger partial charge in [-0.25, -0.2) is 4.98 Å². The molecule has 1 atom stereocenters. The van der Waals surface area contributed by atoms with Crippen LogP contribution < -0.4 is 10.2 Å². The summed E-state index contributed by atoms with van der Waals surface area (Å²) in [7, 11) is 3.83. The third kappa shape index (κ3) is 3.35. The van der Waals surface area contributed by atoms with Crippen molar-refractivity contribution in [2.24, 2.45) is 0 Å². The van der Waals surface area contributed by atoms with E-state index in [0.717, 1.165) is 16.4 Å². The highest BCUT2D eigenvalue weighted by atomic mass is 35.5. The van der Waals surface area contributed by atoms with E-state index in [1.165, 1.54) is 0 Å². The number of hydrogen-bond acceptors (Lipinski definition) is 4. The van der Waals surface area contributed by atoms with Crippen LogP contribution in [0.3, 0.4) is 0 Å². The van der Waals surface area contributed by atoms with E-state index >= 15 is 0 Å². The van der Waals surface area contributed by atoms with Gasteiger partial charge < -0.3 is 10.2 Å². The summed E-state index contributed by atoms with van der Waals surface area (Å²) < 4.78 is 0. The Labute approximate surface area is 118 Å². The fraction of sp³-hybridized carbons (Fsp3) is 0.286. The predicted molar refractivity (Wildman–Crippen MR) is 79.8 cm³/mol. The lowest BCUT2D eigenvalue weighted by atomic mass is 10.1. The molecule has 4 nitrogen and oxygen atoms in total. The van der Waals surface area contributed by atoms with Crippen LogP contribution in [0.25, 0.3) is 0 Å². The van der Waals surface area contributed by atoms with Crippen LogP contribution >= 0.6 is 11.6 Å². The first-order valence-corrected chi connectivity index (χ1v) is 6.47. The number of nitrogens with zero attached hydrogens (tertiary/aromatic N) is 3. The van der Waals surface area contributed by atoms with Crippen LogP contribution in [0.15, 0.2) is 36.5 Å². The van der Waals surface area contributed by atoms with Crippen molar-refractivity contribution in [3.05, 3.63) is 47.1 Å². The van der Waals surface area contributed by atoms with Gasteiger partial charge in [-0.3, -0.25) is 0 Å². The molecule has 0 saturated carbocycles. The van der Waals surface area contributed by atoms with E-state index in [9.17, 15) is 0 Å². The zero-order valence-electron chi connectivity index (χ0n) is 11.3. The Hall–Kier alpha value is -1.81. The molecule has 1 N–H and O–H groups in total. The molecule has 2 aromatic rings. The highest BCUT2D eigenvalue weighted by molar-refractivity contribution is 6.31. The third-order valence-electron chi connectivity index (χ3n) is 2.78. The predicted octanol–water partition coefficient (Wildman–Crippen LogP) is 3.37. The lowest BCUT2D eigenvalue weighted by Gasteiger charge is -2.17. The smallest absolute Gasteiger partial charge is 0.226 e. The SMILES string of the molecule is CC(Nc1ccnc(N(C)C)n1)c1ccccc1Cl. The fourth-order valence-corrected chi connectivity index (χ4v) is 2.07. The minimum Gasteiger partial charge on any atom is -0.363 e. The van der Waals surface area contributed by atoms with Crippen molar-refractivity contribution in [3.8, 4) is 0 Å². The van der Waals surface area contributed by atoms with Gasteiger partial charge in [-0.15, -0.1) is 0 Å². The maximum Gasteiger partial charge on any atom is 0.226 e. The molecule has 0 amide bonds. The molecule has 100 valence electrons. The number of nitrogens with one attached hydrogen (secondary N) is 1. The number of rotatable bonds is 4. The molecule has 5 heteroatoms. The van der Waals surface area contributed by atoms with Crippen LogP contribution in [0.4, 0.5) is 11.8 Å². The minimum atomic E-state index is 0.0820. The van der Waals surface area contributed by atoms with Crippen LogP contribution in [-0.2, 0) is 0 Å². The highest BCUT2D eigenvalue weighted by Crippen LogP contribution is 2.25. The van der Waals surface area contributed by atoms with E-state index in [0.29, 0.717) is 5.95 Å². The molecular formula is C14H17ClN4. The zero-order chi connectivity index (χ0) is 13.8. The molecule has 19 heavy (non-hydrogen) atoms. The molecular weight excluding hydrogens is 260 g/mol. The average Bonchev–Trinajstić information content (AvgIpc) is 2.39. The lowest BCUT2D eigenvalue weighted by Crippen LogP contribution is -2.14. The van der Waals surface area contributed by atoms with Gasteiger partial charge in [0.1, 0.15) is 5.82 Å². The molecule has 0 saturated heterocycles. The average molecular weight is 277 g/mol. The molecule has 0 fully saturated rings. The van der Waals surface area contributed by atoms with Crippen molar-refractivity contribution in [2.45, 2.75) is 13.0 Å². The summed E-state index contributed by atoms with van der Waals surface area (Å²) in [6.07, 6.45) is 1.74. The van der Waals surface area contributed by atoms with Gasteiger partial charge in [-0.2, -0.15) is 4.98 Å².